The molecule has 2 saturated carbocycles. The number of hydrogen-bond acceptors (Lipinski definition) is 3. The lowest BCUT2D eigenvalue weighted by Crippen LogP contribution is -2.50. The molecule has 0 heterocycles. The summed E-state index contributed by atoms with van der Waals surface area (Å²) in [7, 11) is 0. The van der Waals surface area contributed by atoms with Crippen molar-refractivity contribution in [2.75, 3.05) is 6.54 Å². The molecule has 2 rings (SSSR count). The smallest absolute Gasteiger partial charge is 0.233 e. The van der Waals surface area contributed by atoms with Crippen molar-refractivity contribution in [2.24, 2.45) is 28.1 Å². The normalized spacial score (nSPS) is 29.9. The van der Waals surface area contributed by atoms with E-state index in [1.54, 1.807) is 0 Å². The van der Waals surface area contributed by atoms with E-state index in [0.29, 0.717) is 24.7 Å². The van der Waals surface area contributed by atoms with Crippen LogP contribution in [0.1, 0.15) is 64.7 Å². The fraction of sp³-hybridized carbons (Fsp3) is 0.875. The Morgan fingerprint density at radius 1 is 1.24 bits per heavy atom. The van der Waals surface area contributed by atoms with Crippen molar-refractivity contribution in [3.8, 4) is 0 Å². The van der Waals surface area contributed by atoms with Crippen LogP contribution in [0.25, 0.3) is 0 Å². The SMILES string of the molecule is CC1CCCC1CNC(=O)C1(C(N)=NO)CCCCCC1. The van der Waals surface area contributed by atoms with Crippen molar-refractivity contribution in [3.63, 3.8) is 0 Å². The van der Waals surface area contributed by atoms with E-state index >= 15 is 0 Å². The zero-order valence-electron chi connectivity index (χ0n) is 13.1. The summed E-state index contributed by atoms with van der Waals surface area (Å²) in [5.74, 6) is 1.29. The predicted molar refractivity (Wildman–Crippen MR) is 83.1 cm³/mol. The van der Waals surface area contributed by atoms with Gasteiger partial charge in [-0.05, 0) is 31.1 Å². The maximum Gasteiger partial charge on any atom is 0.233 e. The molecular formula is C16H29N3O2. The number of carbonyl (C=O) groups excluding carboxylic acids is 1. The number of amides is 1. The Bertz CT molecular complexity index is 387. The van der Waals surface area contributed by atoms with Gasteiger partial charge in [-0.25, -0.2) is 0 Å². The van der Waals surface area contributed by atoms with E-state index in [1.807, 2.05) is 0 Å². The van der Waals surface area contributed by atoms with Gasteiger partial charge in [0.15, 0.2) is 5.84 Å². The van der Waals surface area contributed by atoms with Gasteiger partial charge in [0.1, 0.15) is 5.41 Å². The molecule has 2 atom stereocenters. The molecule has 21 heavy (non-hydrogen) atoms. The first-order valence-electron chi connectivity index (χ1n) is 8.36. The standard InChI is InChI=1S/C16H29N3O2/c1-12-7-6-8-13(12)11-18-15(20)16(14(17)19-21)9-4-2-3-5-10-16/h12-13,21H,2-11H2,1H3,(H2,17,19)(H,18,20). The van der Waals surface area contributed by atoms with Crippen LogP contribution >= 0.6 is 0 Å². The number of rotatable bonds is 4. The summed E-state index contributed by atoms with van der Waals surface area (Å²) in [5, 5.41) is 15.4. The number of nitrogens with zero attached hydrogens (tertiary/aromatic N) is 1. The van der Waals surface area contributed by atoms with Crippen LogP contribution in [0.5, 0.6) is 0 Å². The van der Waals surface area contributed by atoms with Crippen LogP contribution in [-0.2, 0) is 4.79 Å². The second-order valence-electron chi connectivity index (χ2n) is 6.86. The molecule has 5 heteroatoms. The van der Waals surface area contributed by atoms with Gasteiger partial charge in [0.05, 0.1) is 0 Å². The summed E-state index contributed by atoms with van der Waals surface area (Å²) in [4.78, 5) is 12.8. The van der Waals surface area contributed by atoms with Crippen molar-refractivity contribution in [1.82, 2.24) is 5.32 Å². The number of nitrogens with one attached hydrogen (secondary N) is 1. The minimum absolute atomic E-state index is 0.0428. The second-order valence-corrected chi connectivity index (χ2v) is 6.86. The fourth-order valence-electron chi connectivity index (χ4n) is 3.95. The molecule has 5 nitrogen and oxygen atoms in total. The largest absolute Gasteiger partial charge is 0.409 e. The number of hydrogen-bond donors (Lipinski definition) is 3. The zero-order valence-corrected chi connectivity index (χ0v) is 13.1. The van der Waals surface area contributed by atoms with E-state index in [-0.39, 0.29) is 11.7 Å². The molecule has 0 aromatic rings. The summed E-state index contributed by atoms with van der Waals surface area (Å²) in [6, 6.07) is 0. The van der Waals surface area contributed by atoms with Crippen LogP contribution in [0.15, 0.2) is 5.16 Å². The van der Waals surface area contributed by atoms with Crippen molar-refractivity contribution in [2.45, 2.75) is 64.7 Å². The third kappa shape index (κ3) is 3.50. The van der Waals surface area contributed by atoms with Gasteiger partial charge in [0, 0.05) is 6.54 Å². The number of carbonyl (C=O) groups is 1. The molecule has 4 N–H and O–H groups in total. The third-order valence-electron chi connectivity index (χ3n) is 5.55. The van der Waals surface area contributed by atoms with Gasteiger partial charge in [-0.3, -0.25) is 4.79 Å². The average Bonchev–Trinajstić information content (AvgIpc) is 2.76. The lowest BCUT2D eigenvalue weighted by molar-refractivity contribution is -0.128. The van der Waals surface area contributed by atoms with Gasteiger partial charge < -0.3 is 16.3 Å². The molecule has 2 aliphatic rings. The van der Waals surface area contributed by atoms with Crippen molar-refractivity contribution in [1.29, 1.82) is 0 Å². The maximum atomic E-state index is 12.8. The van der Waals surface area contributed by atoms with E-state index < -0.39 is 5.41 Å². The molecule has 1 amide bonds. The maximum absolute atomic E-state index is 12.8. The van der Waals surface area contributed by atoms with Gasteiger partial charge in [-0.2, -0.15) is 0 Å². The lowest BCUT2D eigenvalue weighted by Gasteiger charge is -2.30. The highest BCUT2D eigenvalue weighted by Crippen LogP contribution is 2.36. The Labute approximate surface area is 127 Å². The van der Waals surface area contributed by atoms with Gasteiger partial charge in [0.2, 0.25) is 5.91 Å². The summed E-state index contributed by atoms with van der Waals surface area (Å²) in [6.07, 6.45) is 9.24. The summed E-state index contributed by atoms with van der Waals surface area (Å²) < 4.78 is 0. The Morgan fingerprint density at radius 2 is 1.90 bits per heavy atom. The molecule has 0 aromatic carbocycles. The monoisotopic (exact) mass is 295 g/mol. The predicted octanol–water partition coefficient (Wildman–Crippen LogP) is 2.63. The number of nitrogens with two attached hydrogens (primary N) is 1. The minimum Gasteiger partial charge on any atom is -0.409 e. The number of amidine groups is 1. The molecule has 0 spiro atoms. The molecular weight excluding hydrogens is 266 g/mol. The van der Waals surface area contributed by atoms with Gasteiger partial charge in [-0.1, -0.05) is 50.6 Å². The van der Waals surface area contributed by atoms with E-state index in [4.69, 9.17) is 10.9 Å². The highest BCUT2D eigenvalue weighted by Gasteiger charge is 2.43. The molecule has 2 fully saturated rings. The van der Waals surface area contributed by atoms with Crippen LogP contribution < -0.4 is 11.1 Å². The van der Waals surface area contributed by atoms with Crippen LogP contribution in [0.2, 0.25) is 0 Å². The van der Waals surface area contributed by atoms with Gasteiger partial charge >= 0.3 is 0 Å². The first-order chi connectivity index (χ1) is 10.1. The van der Waals surface area contributed by atoms with Crippen molar-refractivity contribution < 1.29 is 10.0 Å². The molecule has 0 saturated heterocycles. The Hall–Kier alpha value is -1.26. The highest BCUT2D eigenvalue weighted by atomic mass is 16.4. The highest BCUT2D eigenvalue weighted by molar-refractivity contribution is 6.06. The van der Waals surface area contributed by atoms with E-state index in [1.165, 1.54) is 19.3 Å². The first-order valence-corrected chi connectivity index (χ1v) is 8.36. The van der Waals surface area contributed by atoms with Crippen molar-refractivity contribution >= 4 is 11.7 Å². The van der Waals surface area contributed by atoms with Crippen LogP contribution in [0, 0.1) is 17.3 Å². The minimum atomic E-state index is -0.799. The van der Waals surface area contributed by atoms with Gasteiger partial charge in [0.25, 0.3) is 0 Å². The Balaban J connectivity index is 2.03. The van der Waals surface area contributed by atoms with E-state index in [9.17, 15) is 4.79 Å². The lowest BCUT2D eigenvalue weighted by atomic mass is 9.78. The van der Waals surface area contributed by atoms with Gasteiger partial charge in [-0.15, -0.1) is 0 Å². The average molecular weight is 295 g/mol. The van der Waals surface area contributed by atoms with Crippen LogP contribution in [-0.4, -0.2) is 23.5 Å². The summed E-state index contributed by atoms with van der Waals surface area (Å²) >= 11 is 0. The molecule has 0 aliphatic heterocycles. The Kier molecular flexibility index (Phi) is 5.48. The first kappa shape index (κ1) is 16.1. The topological polar surface area (TPSA) is 87.7 Å². The number of oxime groups is 1. The molecule has 0 radical (unpaired) electrons. The van der Waals surface area contributed by atoms with Crippen LogP contribution in [0.4, 0.5) is 0 Å². The van der Waals surface area contributed by atoms with Crippen molar-refractivity contribution in [3.05, 3.63) is 0 Å². The molecule has 2 unspecified atom stereocenters. The van der Waals surface area contributed by atoms with E-state index in [2.05, 4.69) is 17.4 Å². The summed E-state index contributed by atoms with van der Waals surface area (Å²) in [5.41, 5.74) is 5.10. The zero-order chi connectivity index (χ0) is 15.3. The Morgan fingerprint density at radius 3 is 2.43 bits per heavy atom. The molecule has 0 aromatic heterocycles. The second kappa shape index (κ2) is 7.14. The molecule has 120 valence electrons. The van der Waals surface area contributed by atoms with Crippen LogP contribution in [0.3, 0.4) is 0 Å². The molecule has 0 bridgehead atoms. The quantitative estimate of drug-likeness (QED) is 0.245. The third-order valence-corrected chi connectivity index (χ3v) is 5.55. The fourth-order valence-corrected chi connectivity index (χ4v) is 3.95. The van der Waals surface area contributed by atoms with E-state index in [0.717, 1.165) is 32.2 Å². The summed E-state index contributed by atoms with van der Waals surface area (Å²) in [6.45, 7) is 2.98. The molecule has 2 aliphatic carbocycles.